The van der Waals surface area contributed by atoms with Gasteiger partial charge in [-0.15, -0.1) is 0 Å². The van der Waals surface area contributed by atoms with E-state index in [-0.39, 0.29) is 0 Å². The minimum atomic E-state index is 0.682. The molecule has 0 unspecified atom stereocenters. The molecule has 0 aliphatic rings. The summed E-state index contributed by atoms with van der Waals surface area (Å²) in [6.07, 6.45) is 2.68. The van der Waals surface area contributed by atoms with E-state index in [2.05, 4.69) is 38.4 Å². The molecule has 0 radical (unpaired) electrons. The molecule has 0 aliphatic carbocycles. The number of benzene rings is 1. The third-order valence-corrected chi connectivity index (χ3v) is 2.86. The fourth-order valence-corrected chi connectivity index (χ4v) is 1.75. The van der Waals surface area contributed by atoms with Crippen molar-refractivity contribution in [2.75, 3.05) is 11.9 Å². The van der Waals surface area contributed by atoms with Gasteiger partial charge in [-0.05, 0) is 58.7 Å². The van der Waals surface area contributed by atoms with Crippen LogP contribution in [0.15, 0.2) is 47.1 Å². The summed E-state index contributed by atoms with van der Waals surface area (Å²) in [6.45, 7) is 0.682. The summed E-state index contributed by atoms with van der Waals surface area (Å²) < 4.78 is 0.973. The summed E-state index contributed by atoms with van der Waals surface area (Å²) in [5, 5.41) is 3.24. The number of hydrogen-bond donors (Lipinski definition) is 2. The van der Waals surface area contributed by atoms with Gasteiger partial charge in [0.2, 0.25) is 0 Å². The zero-order chi connectivity index (χ0) is 12.1. The molecule has 0 atom stereocenters. The first-order chi connectivity index (χ1) is 8.28. The van der Waals surface area contributed by atoms with Crippen molar-refractivity contribution in [3.05, 3.63) is 52.6 Å². The number of rotatable bonds is 4. The van der Waals surface area contributed by atoms with Crippen LogP contribution in [-0.2, 0) is 6.42 Å². The standard InChI is InChI=1S/C13H14BrN3/c14-11-3-6-13(16-9-11)17-12-4-1-10(2-5-12)7-8-15/h1-6,9H,7-8,15H2,(H,16,17). The molecule has 88 valence electrons. The van der Waals surface area contributed by atoms with Crippen molar-refractivity contribution in [2.24, 2.45) is 5.73 Å². The molecule has 1 aromatic carbocycles. The second-order valence-corrected chi connectivity index (χ2v) is 4.64. The maximum absolute atomic E-state index is 5.51. The topological polar surface area (TPSA) is 50.9 Å². The first kappa shape index (κ1) is 12.1. The van der Waals surface area contributed by atoms with Crippen molar-refractivity contribution in [3.8, 4) is 0 Å². The first-order valence-electron chi connectivity index (χ1n) is 5.45. The quantitative estimate of drug-likeness (QED) is 0.910. The van der Waals surface area contributed by atoms with E-state index in [1.54, 1.807) is 6.20 Å². The number of anilines is 2. The highest BCUT2D eigenvalue weighted by Gasteiger charge is 1.96. The van der Waals surface area contributed by atoms with Gasteiger partial charge in [0.25, 0.3) is 0 Å². The van der Waals surface area contributed by atoms with Gasteiger partial charge < -0.3 is 11.1 Å². The van der Waals surface area contributed by atoms with E-state index in [0.29, 0.717) is 6.54 Å². The number of halogens is 1. The van der Waals surface area contributed by atoms with Gasteiger partial charge >= 0.3 is 0 Å². The average Bonchev–Trinajstić information content (AvgIpc) is 2.35. The zero-order valence-corrected chi connectivity index (χ0v) is 10.9. The van der Waals surface area contributed by atoms with Crippen LogP contribution in [0.25, 0.3) is 0 Å². The number of aromatic nitrogens is 1. The normalized spacial score (nSPS) is 10.2. The molecular weight excluding hydrogens is 278 g/mol. The van der Waals surface area contributed by atoms with Crippen LogP contribution >= 0.6 is 15.9 Å². The first-order valence-corrected chi connectivity index (χ1v) is 6.25. The predicted molar refractivity (Wildman–Crippen MR) is 74.4 cm³/mol. The largest absolute Gasteiger partial charge is 0.340 e. The molecular formula is C13H14BrN3. The Hall–Kier alpha value is -1.39. The van der Waals surface area contributed by atoms with E-state index in [0.717, 1.165) is 22.4 Å². The van der Waals surface area contributed by atoms with E-state index in [9.17, 15) is 0 Å². The summed E-state index contributed by atoms with van der Waals surface area (Å²) in [7, 11) is 0. The van der Waals surface area contributed by atoms with Crippen LogP contribution in [0.4, 0.5) is 11.5 Å². The maximum atomic E-state index is 5.51. The van der Waals surface area contributed by atoms with Crippen molar-refractivity contribution >= 4 is 27.4 Å². The van der Waals surface area contributed by atoms with Gasteiger partial charge in [0.15, 0.2) is 0 Å². The smallest absolute Gasteiger partial charge is 0.130 e. The molecule has 0 saturated heterocycles. The number of nitrogens with one attached hydrogen (secondary N) is 1. The molecule has 4 heteroatoms. The van der Waals surface area contributed by atoms with E-state index in [1.165, 1.54) is 5.56 Å². The third-order valence-electron chi connectivity index (χ3n) is 2.39. The van der Waals surface area contributed by atoms with E-state index in [4.69, 9.17) is 5.73 Å². The van der Waals surface area contributed by atoms with Crippen LogP contribution in [-0.4, -0.2) is 11.5 Å². The summed E-state index contributed by atoms with van der Waals surface area (Å²) in [4.78, 5) is 4.25. The Morgan fingerprint density at radius 2 is 1.88 bits per heavy atom. The second-order valence-electron chi connectivity index (χ2n) is 3.72. The average molecular weight is 292 g/mol. The Morgan fingerprint density at radius 3 is 2.47 bits per heavy atom. The van der Waals surface area contributed by atoms with Gasteiger partial charge in [-0.2, -0.15) is 0 Å². The molecule has 0 bridgehead atoms. The van der Waals surface area contributed by atoms with Crippen LogP contribution < -0.4 is 11.1 Å². The molecule has 0 spiro atoms. The van der Waals surface area contributed by atoms with Crippen molar-refractivity contribution < 1.29 is 0 Å². The lowest BCUT2D eigenvalue weighted by Gasteiger charge is -2.06. The lowest BCUT2D eigenvalue weighted by atomic mass is 10.1. The van der Waals surface area contributed by atoms with Gasteiger partial charge in [-0.25, -0.2) is 4.98 Å². The Morgan fingerprint density at radius 1 is 1.12 bits per heavy atom. The lowest BCUT2D eigenvalue weighted by molar-refractivity contribution is 0.969. The molecule has 1 heterocycles. The maximum Gasteiger partial charge on any atom is 0.130 e. The fraction of sp³-hybridized carbons (Fsp3) is 0.154. The summed E-state index contributed by atoms with van der Waals surface area (Å²) >= 11 is 3.36. The lowest BCUT2D eigenvalue weighted by Crippen LogP contribution is -2.02. The van der Waals surface area contributed by atoms with Gasteiger partial charge in [0.05, 0.1) is 0 Å². The fourth-order valence-electron chi connectivity index (χ4n) is 1.52. The summed E-state index contributed by atoms with van der Waals surface area (Å²) in [5.41, 5.74) is 7.79. The van der Waals surface area contributed by atoms with Gasteiger partial charge in [0.1, 0.15) is 5.82 Å². The van der Waals surface area contributed by atoms with Gasteiger partial charge in [0, 0.05) is 16.4 Å². The molecule has 0 aliphatic heterocycles. The third kappa shape index (κ3) is 3.54. The minimum Gasteiger partial charge on any atom is -0.340 e. The van der Waals surface area contributed by atoms with Crippen LogP contribution in [0.1, 0.15) is 5.56 Å². The molecule has 3 nitrogen and oxygen atoms in total. The monoisotopic (exact) mass is 291 g/mol. The Balaban J connectivity index is 2.05. The van der Waals surface area contributed by atoms with Crippen LogP contribution in [0.2, 0.25) is 0 Å². The number of nitrogens with zero attached hydrogens (tertiary/aromatic N) is 1. The Kier molecular flexibility index (Phi) is 4.12. The van der Waals surface area contributed by atoms with E-state index in [1.807, 2.05) is 24.3 Å². The van der Waals surface area contributed by atoms with Crippen molar-refractivity contribution in [1.82, 2.24) is 4.98 Å². The minimum absolute atomic E-state index is 0.682. The van der Waals surface area contributed by atoms with Gasteiger partial charge in [-0.1, -0.05) is 12.1 Å². The van der Waals surface area contributed by atoms with Crippen molar-refractivity contribution in [1.29, 1.82) is 0 Å². The van der Waals surface area contributed by atoms with Crippen molar-refractivity contribution in [3.63, 3.8) is 0 Å². The van der Waals surface area contributed by atoms with Crippen LogP contribution in [0.3, 0.4) is 0 Å². The van der Waals surface area contributed by atoms with Crippen molar-refractivity contribution in [2.45, 2.75) is 6.42 Å². The molecule has 2 aromatic rings. The number of hydrogen-bond acceptors (Lipinski definition) is 3. The molecule has 0 amide bonds. The highest BCUT2D eigenvalue weighted by Crippen LogP contribution is 2.17. The van der Waals surface area contributed by atoms with E-state index < -0.39 is 0 Å². The molecule has 2 rings (SSSR count). The molecule has 17 heavy (non-hydrogen) atoms. The molecule has 3 N–H and O–H groups in total. The Bertz CT molecular complexity index is 465. The highest BCUT2D eigenvalue weighted by molar-refractivity contribution is 9.10. The predicted octanol–water partition coefficient (Wildman–Crippen LogP) is 3.09. The number of pyridine rings is 1. The Labute approximate surface area is 109 Å². The molecule has 0 fully saturated rings. The van der Waals surface area contributed by atoms with Crippen LogP contribution in [0, 0.1) is 0 Å². The van der Waals surface area contributed by atoms with Crippen LogP contribution in [0.5, 0.6) is 0 Å². The number of nitrogens with two attached hydrogens (primary N) is 1. The van der Waals surface area contributed by atoms with E-state index >= 15 is 0 Å². The zero-order valence-electron chi connectivity index (χ0n) is 9.36. The van der Waals surface area contributed by atoms with Gasteiger partial charge in [-0.3, -0.25) is 0 Å². The molecule has 1 aromatic heterocycles. The highest BCUT2D eigenvalue weighted by atomic mass is 79.9. The second kappa shape index (κ2) is 5.80. The summed E-state index contributed by atoms with van der Waals surface area (Å²) in [6, 6.07) is 12.1. The summed E-state index contributed by atoms with van der Waals surface area (Å²) in [5.74, 6) is 0.833. The SMILES string of the molecule is NCCc1ccc(Nc2ccc(Br)cn2)cc1. The molecule has 0 saturated carbocycles.